The first-order chi connectivity index (χ1) is 16.4. The number of nitrogens with zero attached hydrogens (tertiary/aromatic N) is 5. The van der Waals surface area contributed by atoms with Gasteiger partial charge >= 0.3 is 0 Å². The molecular weight excluding hydrogens is 448 g/mol. The molecule has 34 heavy (non-hydrogen) atoms. The van der Waals surface area contributed by atoms with Gasteiger partial charge in [-0.05, 0) is 62.4 Å². The van der Waals surface area contributed by atoms with Crippen molar-refractivity contribution in [2.75, 3.05) is 35.2 Å². The summed E-state index contributed by atoms with van der Waals surface area (Å²) in [7, 11) is 0. The van der Waals surface area contributed by atoms with Gasteiger partial charge in [0.05, 0.1) is 11.9 Å². The molecule has 0 bridgehead atoms. The molecule has 0 saturated carbocycles. The molecule has 1 atom stereocenters. The van der Waals surface area contributed by atoms with Gasteiger partial charge in [-0.1, -0.05) is 29.5 Å². The lowest BCUT2D eigenvalue weighted by Gasteiger charge is -2.29. The van der Waals surface area contributed by atoms with Gasteiger partial charge in [-0.2, -0.15) is 4.98 Å². The van der Waals surface area contributed by atoms with Crippen LogP contribution in [0, 0.1) is 11.8 Å². The predicted octanol–water partition coefficient (Wildman–Crippen LogP) is 4.05. The number of rotatable bonds is 3. The highest BCUT2D eigenvalue weighted by atomic mass is 35.5. The Labute approximate surface area is 204 Å². The van der Waals surface area contributed by atoms with E-state index >= 15 is 0 Å². The first-order valence-corrected chi connectivity index (χ1v) is 11.9. The fraction of sp³-hybridized carbons (Fsp3) is 0.346. The lowest BCUT2D eigenvalue weighted by molar-refractivity contribution is 0.117. The standard InChI is InChI=1S/C26H27ClN6O/c1-26(34,23-16-20(8-11-29-23)32-12-3-2-4-13-32)10-7-18-5-6-19-9-14-33(22(19)15-18)24-21(27)17-30-25(28)31-24/h5-6,8,11,15-17,34H,2-4,9,12-14H2,1H3,(H2,28,30,31). The molecular formula is C26H27ClN6O. The Bertz CT molecular complexity index is 1280. The number of anilines is 4. The molecule has 2 aliphatic rings. The Morgan fingerprint density at radius 2 is 1.91 bits per heavy atom. The van der Waals surface area contributed by atoms with Gasteiger partial charge in [-0.3, -0.25) is 4.98 Å². The van der Waals surface area contributed by atoms with Crippen molar-refractivity contribution in [1.82, 2.24) is 15.0 Å². The van der Waals surface area contributed by atoms with Crippen LogP contribution in [0.2, 0.25) is 5.02 Å². The quantitative estimate of drug-likeness (QED) is 0.553. The molecule has 3 N–H and O–H groups in total. The zero-order valence-corrected chi connectivity index (χ0v) is 19.9. The minimum atomic E-state index is -1.38. The Kier molecular flexibility index (Phi) is 6.03. The third-order valence-electron chi connectivity index (χ3n) is 6.39. The van der Waals surface area contributed by atoms with E-state index < -0.39 is 5.60 Å². The van der Waals surface area contributed by atoms with Gasteiger partial charge in [0.15, 0.2) is 11.4 Å². The Morgan fingerprint density at radius 3 is 2.74 bits per heavy atom. The first-order valence-electron chi connectivity index (χ1n) is 11.6. The van der Waals surface area contributed by atoms with E-state index in [-0.39, 0.29) is 5.95 Å². The lowest BCUT2D eigenvalue weighted by atomic mass is 10.00. The summed E-state index contributed by atoms with van der Waals surface area (Å²) in [5, 5.41) is 11.6. The van der Waals surface area contributed by atoms with Crippen LogP contribution < -0.4 is 15.5 Å². The second kappa shape index (κ2) is 9.13. The van der Waals surface area contributed by atoms with Gasteiger partial charge in [-0.25, -0.2) is 4.98 Å². The summed E-state index contributed by atoms with van der Waals surface area (Å²) in [4.78, 5) is 17.1. The monoisotopic (exact) mass is 474 g/mol. The molecule has 2 aliphatic heterocycles. The molecule has 0 spiro atoms. The molecule has 1 fully saturated rings. The lowest BCUT2D eigenvalue weighted by Crippen LogP contribution is -2.30. The van der Waals surface area contributed by atoms with E-state index in [1.54, 1.807) is 13.1 Å². The highest BCUT2D eigenvalue weighted by Crippen LogP contribution is 2.37. The number of nitrogen functional groups attached to an aromatic ring is 1. The molecule has 3 aromatic rings. The van der Waals surface area contributed by atoms with E-state index in [0.717, 1.165) is 43.0 Å². The van der Waals surface area contributed by atoms with Gasteiger partial charge in [0.1, 0.15) is 5.02 Å². The zero-order valence-electron chi connectivity index (χ0n) is 19.1. The summed E-state index contributed by atoms with van der Waals surface area (Å²) in [6, 6.07) is 9.97. The molecule has 2 aromatic heterocycles. The molecule has 4 heterocycles. The molecule has 0 amide bonds. The van der Waals surface area contributed by atoms with Gasteiger partial charge in [0.25, 0.3) is 0 Å². The summed E-state index contributed by atoms with van der Waals surface area (Å²) < 4.78 is 0. The Balaban J connectivity index is 1.41. The summed E-state index contributed by atoms with van der Waals surface area (Å²) in [6.45, 7) is 4.49. The number of piperidine rings is 1. The highest BCUT2D eigenvalue weighted by molar-refractivity contribution is 6.33. The second-order valence-electron chi connectivity index (χ2n) is 8.91. The van der Waals surface area contributed by atoms with Crippen LogP contribution in [-0.2, 0) is 12.0 Å². The van der Waals surface area contributed by atoms with Crippen molar-refractivity contribution in [2.24, 2.45) is 0 Å². The number of aromatic nitrogens is 3. The third kappa shape index (κ3) is 4.52. The van der Waals surface area contributed by atoms with Crippen LogP contribution in [0.5, 0.6) is 0 Å². The molecule has 0 aliphatic carbocycles. The normalized spacial score (nSPS) is 17.0. The fourth-order valence-electron chi connectivity index (χ4n) is 4.53. The van der Waals surface area contributed by atoms with Crippen LogP contribution in [0.3, 0.4) is 0 Å². The summed E-state index contributed by atoms with van der Waals surface area (Å²) in [5.74, 6) is 6.93. The van der Waals surface area contributed by atoms with Crippen LogP contribution in [0.25, 0.3) is 0 Å². The largest absolute Gasteiger partial charge is 0.372 e. The maximum Gasteiger partial charge on any atom is 0.222 e. The van der Waals surface area contributed by atoms with Crippen molar-refractivity contribution >= 4 is 34.7 Å². The van der Waals surface area contributed by atoms with E-state index in [1.165, 1.54) is 31.0 Å². The predicted molar refractivity (Wildman–Crippen MR) is 135 cm³/mol. The van der Waals surface area contributed by atoms with Crippen molar-refractivity contribution in [2.45, 2.75) is 38.2 Å². The number of halogens is 1. The molecule has 5 rings (SSSR count). The average molecular weight is 475 g/mol. The fourth-order valence-corrected chi connectivity index (χ4v) is 4.72. The molecule has 0 radical (unpaired) electrons. The second-order valence-corrected chi connectivity index (χ2v) is 9.32. The Hall–Kier alpha value is -3.34. The van der Waals surface area contributed by atoms with E-state index in [4.69, 9.17) is 17.3 Å². The minimum Gasteiger partial charge on any atom is -0.372 e. The number of hydrogen-bond donors (Lipinski definition) is 2. The highest BCUT2D eigenvalue weighted by Gasteiger charge is 2.25. The molecule has 8 heteroatoms. The van der Waals surface area contributed by atoms with Crippen LogP contribution >= 0.6 is 11.6 Å². The first kappa shape index (κ1) is 22.5. The molecule has 7 nitrogen and oxygen atoms in total. The van der Waals surface area contributed by atoms with Crippen LogP contribution in [-0.4, -0.2) is 39.7 Å². The van der Waals surface area contributed by atoms with Gasteiger partial charge in [0, 0.05) is 42.8 Å². The van der Waals surface area contributed by atoms with E-state index in [0.29, 0.717) is 16.5 Å². The van der Waals surface area contributed by atoms with Gasteiger partial charge in [0.2, 0.25) is 5.95 Å². The maximum absolute atomic E-state index is 11.1. The number of hydrogen-bond acceptors (Lipinski definition) is 7. The number of nitrogens with two attached hydrogens (primary N) is 1. The smallest absolute Gasteiger partial charge is 0.222 e. The molecule has 1 aromatic carbocycles. The van der Waals surface area contributed by atoms with Crippen LogP contribution in [0.1, 0.15) is 43.0 Å². The van der Waals surface area contributed by atoms with Crippen LogP contribution in [0.15, 0.2) is 42.7 Å². The molecule has 1 unspecified atom stereocenters. The Morgan fingerprint density at radius 1 is 1.09 bits per heavy atom. The van der Waals surface area contributed by atoms with Crippen molar-refractivity contribution in [3.8, 4) is 11.8 Å². The summed E-state index contributed by atoms with van der Waals surface area (Å²) in [6.07, 6.45) is 7.79. The number of benzene rings is 1. The molecule has 174 valence electrons. The average Bonchev–Trinajstić information content (AvgIpc) is 3.28. The van der Waals surface area contributed by atoms with Crippen molar-refractivity contribution in [3.63, 3.8) is 0 Å². The van der Waals surface area contributed by atoms with Gasteiger partial charge in [-0.15, -0.1) is 0 Å². The number of pyridine rings is 1. The number of fused-ring (bicyclic) bond motifs is 1. The zero-order chi connectivity index (χ0) is 23.7. The SMILES string of the molecule is CC(O)(C#Cc1ccc2c(c1)N(c1nc(N)ncc1Cl)CC2)c1cc(N2CCCCC2)ccn1. The maximum atomic E-state index is 11.1. The van der Waals surface area contributed by atoms with E-state index in [1.807, 2.05) is 29.2 Å². The summed E-state index contributed by atoms with van der Waals surface area (Å²) in [5.41, 5.74) is 8.99. The van der Waals surface area contributed by atoms with Crippen molar-refractivity contribution < 1.29 is 5.11 Å². The van der Waals surface area contributed by atoms with Crippen molar-refractivity contribution in [3.05, 3.63) is 64.6 Å². The third-order valence-corrected chi connectivity index (χ3v) is 6.66. The van der Waals surface area contributed by atoms with Gasteiger partial charge < -0.3 is 20.6 Å². The minimum absolute atomic E-state index is 0.180. The van der Waals surface area contributed by atoms with Crippen LogP contribution in [0.4, 0.5) is 23.1 Å². The molecule has 1 saturated heterocycles. The van der Waals surface area contributed by atoms with E-state index in [2.05, 4.69) is 37.8 Å². The van der Waals surface area contributed by atoms with Crippen molar-refractivity contribution in [1.29, 1.82) is 0 Å². The topological polar surface area (TPSA) is 91.4 Å². The number of aliphatic hydroxyl groups is 1. The van der Waals surface area contributed by atoms with E-state index in [9.17, 15) is 5.11 Å². The summed E-state index contributed by atoms with van der Waals surface area (Å²) >= 11 is 6.35.